The van der Waals surface area contributed by atoms with Gasteiger partial charge in [-0.25, -0.2) is 0 Å². The van der Waals surface area contributed by atoms with Gasteiger partial charge in [-0.2, -0.15) is 0 Å². The Morgan fingerprint density at radius 2 is 2.18 bits per heavy atom. The lowest BCUT2D eigenvalue weighted by molar-refractivity contribution is -0.118. The van der Waals surface area contributed by atoms with Gasteiger partial charge in [0, 0.05) is 9.86 Å². The van der Waals surface area contributed by atoms with Crippen molar-refractivity contribution in [3.63, 3.8) is 0 Å². The highest BCUT2D eigenvalue weighted by Crippen LogP contribution is 2.33. The van der Waals surface area contributed by atoms with Crippen molar-refractivity contribution in [2.45, 2.75) is 25.3 Å². The third kappa shape index (κ3) is 2.86. The zero-order chi connectivity index (χ0) is 15.7. The first-order valence-corrected chi connectivity index (χ1v) is 7.91. The summed E-state index contributed by atoms with van der Waals surface area (Å²) in [7, 11) is 0. The molecule has 2 aromatic rings. The van der Waals surface area contributed by atoms with E-state index in [-0.39, 0.29) is 17.7 Å². The number of hydrogen-bond donors (Lipinski definition) is 3. The van der Waals surface area contributed by atoms with Gasteiger partial charge in [0.1, 0.15) is 11.3 Å². The fourth-order valence-electron chi connectivity index (χ4n) is 2.65. The van der Waals surface area contributed by atoms with Gasteiger partial charge >= 0.3 is 0 Å². The SMILES string of the molecule is NC(=O)c1oc2ccc(Br)cc2c1NC(=O)C1CCCCN1. The van der Waals surface area contributed by atoms with E-state index in [9.17, 15) is 9.59 Å². The van der Waals surface area contributed by atoms with Crippen molar-refractivity contribution in [1.82, 2.24) is 5.32 Å². The average molecular weight is 366 g/mol. The number of carbonyl (C=O) groups excluding carboxylic acids is 2. The molecule has 2 amide bonds. The van der Waals surface area contributed by atoms with Gasteiger partial charge in [-0.1, -0.05) is 22.4 Å². The molecule has 4 N–H and O–H groups in total. The van der Waals surface area contributed by atoms with Gasteiger partial charge in [0.25, 0.3) is 5.91 Å². The number of anilines is 1. The zero-order valence-corrected chi connectivity index (χ0v) is 13.4. The van der Waals surface area contributed by atoms with E-state index >= 15 is 0 Å². The first-order valence-electron chi connectivity index (χ1n) is 7.12. The molecular weight excluding hydrogens is 350 g/mol. The molecule has 0 radical (unpaired) electrons. The monoisotopic (exact) mass is 365 g/mol. The minimum atomic E-state index is -0.709. The van der Waals surface area contributed by atoms with Crippen molar-refractivity contribution in [2.75, 3.05) is 11.9 Å². The molecule has 1 aliphatic rings. The summed E-state index contributed by atoms with van der Waals surface area (Å²) in [5.41, 5.74) is 6.20. The van der Waals surface area contributed by atoms with E-state index in [1.54, 1.807) is 18.2 Å². The maximum atomic E-state index is 12.4. The Balaban J connectivity index is 1.97. The van der Waals surface area contributed by atoms with Crippen LogP contribution in [0.2, 0.25) is 0 Å². The Morgan fingerprint density at radius 3 is 2.86 bits per heavy atom. The molecule has 1 saturated heterocycles. The van der Waals surface area contributed by atoms with Gasteiger partial charge in [-0.15, -0.1) is 0 Å². The third-order valence-corrected chi connectivity index (χ3v) is 4.24. The second-order valence-corrected chi connectivity index (χ2v) is 6.22. The molecule has 1 atom stereocenters. The maximum Gasteiger partial charge on any atom is 0.286 e. The molecule has 0 saturated carbocycles. The van der Waals surface area contributed by atoms with Crippen LogP contribution in [-0.2, 0) is 4.79 Å². The van der Waals surface area contributed by atoms with Crippen LogP contribution in [0.25, 0.3) is 11.0 Å². The molecule has 2 heterocycles. The van der Waals surface area contributed by atoms with Crippen LogP contribution < -0.4 is 16.4 Å². The van der Waals surface area contributed by atoms with Crippen molar-refractivity contribution in [3.05, 3.63) is 28.4 Å². The fourth-order valence-corrected chi connectivity index (χ4v) is 3.01. The first-order chi connectivity index (χ1) is 10.6. The smallest absolute Gasteiger partial charge is 0.286 e. The molecule has 0 bridgehead atoms. The average Bonchev–Trinajstić information content (AvgIpc) is 2.86. The molecule has 1 fully saturated rings. The Bertz CT molecular complexity index is 735. The van der Waals surface area contributed by atoms with E-state index in [1.807, 2.05) is 0 Å². The number of piperidine rings is 1. The highest BCUT2D eigenvalue weighted by atomic mass is 79.9. The van der Waals surface area contributed by atoms with Crippen LogP contribution in [0.15, 0.2) is 27.1 Å². The Kier molecular flexibility index (Phi) is 4.17. The van der Waals surface area contributed by atoms with Crippen LogP contribution in [0.3, 0.4) is 0 Å². The number of primary amides is 1. The van der Waals surface area contributed by atoms with Crippen molar-refractivity contribution in [3.8, 4) is 0 Å². The molecule has 1 unspecified atom stereocenters. The summed E-state index contributed by atoms with van der Waals surface area (Å²) in [5.74, 6) is -0.915. The predicted molar refractivity (Wildman–Crippen MR) is 86.7 cm³/mol. The summed E-state index contributed by atoms with van der Waals surface area (Å²) >= 11 is 3.37. The second-order valence-electron chi connectivity index (χ2n) is 5.30. The molecule has 0 aliphatic carbocycles. The van der Waals surface area contributed by atoms with E-state index in [4.69, 9.17) is 10.2 Å². The first kappa shape index (κ1) is 15.1. The second kappa shape index (κ2) is 6.10. The van der Waals surface area contributed by atoms with E-state index < -0.39 is 5.91 Å². The van der Waals surface area contributed by atoms with Crippen LogP contribution >= 0.6 is 15.9 Å². The summed E-state index contributed by atoms with van der Waals surface area (Å²) in [6.07, 6.45) is 2.85. The van der Waals surface area contributed by atoms with Crippen LogP contribution in [0.4, 0.5) is 5.69 Å². The molecule has 22 heavy (non-hydrogen) atoms. The van der Waals surface area contributed by atoms with Crippen LogP contribution in [0, 0.1) is 0 Å². The van der Waals surface area contributed by atoms with E-state index in [2.05, 4.69) is 26.6 Å². The lowest BCUT2D eigenvalue weighted by Crippen LogP contribution is -2.43. The van der Waals surface area contributed by atoms with Gasteiger partial charge in [-0.3, -0.25) is 9.59 Å². The minimum Gasteiger partial charge on any atom is -0.449 e. The van der Waals surface area contributed by atoms with Gasteiger partial charge in [-0.05, 0) is 37.6 Å². The Hall–Kier alpha value is -1.86. The molecule has 6 nitrogen and oxygen atoms in total. The number of fused-ring (bicyclic) bond motifs is 1. The lowest BCUT2D eigenvalue weighted by Gasteiger charge is -2.22. The number of amides is 2. The standard InChI is InChI=1S/C15H16BrN3O3/c16-8-4-5-11-9(7-8)12(13(22-11)14(17)20)19-15(21)10-3-1-2-6-18-10/h4-5,7,10,18H,1-3,6H2,(H2,17,20)(H,19,21). The summed E-state index contributed by atoms with van der Waals surface area (Å²) in [6.45, 7) is 0.818. The van der Waals surface area contributed by atoms with Crippen molar-refractivity contribution < 1.29 is 14.0 Å². The molecule has 1 aromatic carbocycles. The maximum absolute atomic E-state index is 12.4. The third-order valence-electron chi connectivity index (χ3n) is 3.75. The van der Waals surface area contributed by atoms with Crippen molar-refractivity contribution in [1.29, 1.82) is 0 Å². The highest BCUT2D eigenvalue weighted by Gasteiger charge is 2.25. The van der Waals surface area contributed by atoms with Gasteiger partial charge in [0.2, 0.25) is 11.7 Å². The van der Waals surface area contributed by atoms with Crippen molar-refractivity contribution >= 4 is 44.4 Å². The molecule has 7 heteroatoms. The Morgan fingerprint density at radius 1 is 1.36 bits per heavy atom. The fraction of sp³-hybridized carbons (Fsp3) is 0.333. The van der Waals surface area contributed by atoms with Gasteiger partial charge in [0.15, 0.2) is 0 Å². The number of furan rings is 1. The number of nitrogens with one attached hydrogen (secondary N) is 2. The summed E-state index contributed by atoms with van der Waals surface area (Å²) < 4.78 is 6.30. The largest absolute Gasteiger partial charge is 0.449 e. The number of nitrogens with two attached hydrogens (primary N) is 1. The zero-order valence-electron chi connectivity index (χ0n) is 11.8. The Labute approximate surface area is 135 Å². The topological polar surface area (TPSA) is 97.4 Å². The summed E-state index contributed by atoms with van der Waals surface area (Å²) in [4.78, 5) is 24.0. The lowest BCUT2D eigenvalue weighted by atomic mass is 10.0. The highest BCUT2D eigenvalue weighted by molar-refractivity contribution is 9.10. The molecular formula is C15H16BrN3O3. The van der Waals surface area contributed by atoms with Gasteiger partial charge < -0.3 is 20.8 Å². The van der Waals surface area contributed by atoms with E-state index in [0.717, 1.165) is 30.3 Å². The summed E-state index contributed by atoms with van der Waals surface area (Å²) in [5, 5.41) is 6.61. The minimum absolute atomic E-state index is 0.0303. The molecule has 1 aliphatic heterocycles. The quantitative estimate of drug-likeness (QED) is 0.777. The van der Waals surface area contributed by atoms with Crippen LogP contribution in [0.1, 0.15) is 29.8 Å². The molecule has 0 spiro atoms. The van der Waals surface area contributed by atoms with Gasteiger partial charge in [0.05, 0.1) is 6.04 Å². The molecule has 3 rings (SSSR count). The normalized spacial score (nSPS) is 18.3. The molecule has 1 aromatic heterocycles. The van der Waals surface area contributed by atoms with E-state index in [1.165, 1.54) is 0 Å². The number of carbonyl (C=O) groups is 2. The molecule has 116 valence electrons. The number of halogens is 1. The number of hydrogen-bond acceptors (Lipinski definition) is 4. The van der Waals surface area contributed by atoms with Crippen LogP contribution in [0.5, 0.6) is 0 Å². The predicted octanol–water partition coefficient (Wildman–Crippen LogP) is 2.37. The number of benzene rings is 1. The van der Waals surface area contributed by atoms with Crippen LogP contribution in [-0.4, -0.2) is 24.4 Å². The van der Waals surface area contributed by atoms with Crippen molar-refractivity contribution in [2.24, 2.45) is 5.73 Å². The van der Waals surface area contributed by atoms with E-state index in [0.29, 0.717) is 16.7 Å². The summed E-state index contributed by atoms with van der Waals surface area (Å²) in [6, 6.07) is 5.05. The number of rotatable bonds is 3.